The van der Waals surface area contributed by atoms with Crippen molar-refractivity contribution < 1.29 is 0 Å². The van der Waals surface area contributed by atoms with Crippen LogP contribution in [-0.4, -0.2) is 9.97 Å². The largest absolute Gasteiger partial charge is 0.232 e. The van der Waals surface area contributed by atoms with Crippen LogP contribution in [0.3, 0.4) is 0 Å². The molecule has 0 bridgehead atoms. The standard InChI is InChI=1S/C12H12Br2N2/c1-3-4-10-15-11-8(12(14)16-10)5-7(2)6-9(11)13/h5-6H,3-4H2,1-2H3. The van der Waals surface area contributed by atoms with E-state index in [1.165, 1.54) is 5.56 Å². The van der Waals surface area contributed by atoms with Gasteiger partial charge in [-0.25, -0.2) is 9.97 Å². The molecule has 16 heavy (non-hydrogen) atoms. The summed E-state index contributed by atoms with van der Waals surface area (Å²) < 4.78 is 1.91. The van der Waals surface area contributed by atoms with Gasteiger partial charge in [0.25, 0.3) is 0 Å². The highest BCUT2D eigenvalue weighted by atomic mass is 79.9. The fraction of sp³-hybridized carbons (Fsp3) is 0.333. The van der Waals surface area contributed by atoms with Crippen molar-refractivity contribution in [2.24, 2.45) is 0 Å². The van der Waals surface area contributed by atoms with Crippen molar-refractivity contribution in [1.82, 2.24) is 9.97 Å². The van der Waals surface area contributed by atoms with Crippen LogP contribution in [0.2, 0.25) is 0 Å². The molecule has 0 aliphatic carbocycles. The van der Waals surface area contributed by atoms with E-state index in [0.29, 0.717) is 0 Å². The molecule has 0 atom stereocenters. The van der Waals surface area contributed by atoms with Crippen LogP contribution in [0.25, 0.3) is 10.9 Å². The number of nitrogens with zero attached hydrogens (tertiary/aromatic N) is 2. The van der Waals surface area contributed by atoms with Crippen LogP contribution in [0.5, 0.6) is 0 Å². The number of hydrogen-bond acceptors (Lipinski definition) is 2. The predicted molar refractivity (Wildman–Crippen MR) is 73.7 cm³/mol. The summed E-state index contributed by atoms with van der Waals surface area (Å²) in [7, 11) is 0. The van der Waals surface area contributed by atoms with Gasteiger partial charge in [0, 0.05) is 16.3 Å². The van der Waals surface area contributed by atoms with E-state index in [0.717, 1.165) is 38.6 Å². The Labute approximate surface area is 112 Å². The molecule has 2 aromatic rings. The zero-order chi connectivity index (χ0) is 11.7. The van der Waals surface area contributed by atoms with Crippen molar-refractivity contribution in [3.05, 3.63) is 32.6 Å². The molecular formula is C12H12Br2N2. The Kier molecular flexibility index (Phi) is 3.60. The minimum Gasteiger partial charge on any atom is -0.232 e. The number of aryl methyl sites for hydroxylation is 2. The second kappa shape index (κ2) is 4.80. The molecule has 0 unspecified atom stereocenters. The second-order valence-electron chi connectivity index (χ2n) is 3.82. The molecule has 1 heterocycles. The number of halogens is 2. The lowest BCUT2D eigenvalue weighted by molar-refractivity contribution is 0.839. The normalized spacial score (nSPS) is 11.0. The molecule has 0 aliphatic rings. The maximum atomic E-state index is 4.58. The Hall–Kier alpha value is -0.480. The third-order valence-corrected chi connectivity index (χ3v) is 3.58. The quantitative estimate of drug-likeness (QED) is 0.754. The molecule has 0 N–H and O–H groups in total. The van der Waals surface area contributed by atoms with Gasteiger partial charge in [0.05, 0.1) is 5.52 Å². The Morgan fingerprint density at radius 2 is 1.94 bits per heavy atom. The van der Waals surface area contributed by atoms with Crippen LogP contribution >= 0.6 is 31.9 Å². The van der Waals surface area contributed by atoms with E-state index < -0.39 is 0 Å². The maximum Gasteiger partial charge on any atom is 0.130 e. The third kappa shape index (κ3) is 2.28. The lowest BCUT2D eigenvalue weighted by Gasteiger charge is -2.06. The summed E-state index contributed by atoms with van der Waals surface area (Å²) >= 11 is 7.07. The van der Waals surface area contributed by atoms with Crippen LogP contribution in [0.15, 0.2) is 21.2 Å². The minimum absolute atomic E-state index is 0.880. The summed E-state index contributed by atoms with van der Waals surface area (Å²) in [4.78, 5) is 9.04. The maximum absolute atomic E-state index is 4.58. The molecule has 0 aliphatic heterocycles. The number of rotatable bonds is 2. The first-order chi connectivity index (χ1) is 7.61. The van der Waals surface area contributed by atoms with Gasteiger partial charge in [-0.1, -0.05) is 6.92 Å². The summed E-state index contributed by atoms with van der Waals surface area (Å²) in [6.07, 6.45) is 1.97. The van der Waals surface area contributed by atoms with Crippen molar-refractivity contribution in [2.75, 3.05) is 0 Å². The van der Waals surface area contributed by atoms with Crippen LogP contribution in [0.1, 0.15) is 24.7 Å². The molecule has 2 rings (SSSR count). The van der Waals surface area contributed by atoms with E-state index in [4.69, 9.17) is 0 Å². The molecule has 0 spiro atoms. The highest BCUT2D eigenvalue weighted by Gasteiger charge is 2.08. The van der Waals surface area contributed by atoms with Crippen molar-refractivity contribution in [3.8, 4) is 0 Å². The smallest absolute Gasteiger partial charge is 0.130 e. The van der Waals surface area contributed by atoms with Gasteiger partial charge in [-0.3, -0.25) is 0 Å². The van der Waals surface area contributed by atoms with E-state index in [1.54, 1.807) is 0 Å². The van der Waals surface area contributed by atoms with Gasteiger partial charge in [-0.15, -0.1) is 0 Å². The highest BCUT2D eigenvalue weighted by Crippen LogP contribution is 2.28. The molecule has 0 fully saturated rings. The second-order valence-corrected chi connectivity index (χ2v) is 5.43. The predicted octanol–water partition coefficient (Wildman–Crippen LogP) is 4.42. The summed E-state index contributed by atoms with van der Waals surface area (Å²) in [5.41, 5.74) is 2.18. The summed E-state index contributed by atoms with van der Waals surface area (Å²) in [5.74, 6) is 0.895. The molecule has 2 nitrogen and oxygen atoms in total. The van der Waals surface area contributed by atoms with Crippen LogP contribution in [0.4, 0.5) is 0 Å². The lowest BCUT2D eigenvalue weighted by atomic mass is 10.1. The van der Waals surface area contributed by atoms with E-state index in [-0.39, 0.29) is 0 Å². The number of hydrogen-bond donors (Lipinski definition) is 0. The fourth-order valence-corrected chi connectivity index (χ4v) is 2.84. The summed E-state index contributed by atoms with van der Waals surface area (Å²) in [5, 5.41) is 1.06. The number of aromatic nitrogens is 2. The molecular weight excluding hydrogens is 332 g/mol. The third-order valence-electron chi connectivity index (χ3n) is 2.37. The van der Waals surface area contributed by atoms with Crippen LogP contribution in [0, 0.1) is 6.92 Å². The topological polar surface area (TPSA) is 25.8 Å². The first-order valence-electron chi connectivity index (χ1n) is 5.24. The van der Waals surface area contributed by atoms with Gasteiger partial charge in [-0.05, 0) is 62.9 Å². The Morgan fingerprint density at radius 3 is 2.62 bits per heavy atom. The van der Waals surface area contributed by atoms with Crippen LogP contribution < -0.4 is 0 Å². The first-order valence-corrected chi connectivity index (χ1v) is 6.82. The molecule has 0 saturated heterocycles. The van der Waals surface area contributed by atoms with Crippen molar-refractivity contribution >= 4 is 42.8 Å². The van der Waals surface area contributed by atoms with Gasteiger partial charge < -0.3 is 0 Å². The number of benzene rings is 1. The Bertz CT molecular complexity index is 538. The van der Waals surface area contributed by atoms with Crippen molar-refractivity contribution in [3.63, 3.8) is 0 Å². The van der Waals surface area contributed by atoms with Crippen molar-refractivity contribution in [2.45, 2.75) is 26.7 Å². The van der Waals surface area contributed by atoms with E-state index in [1.807, 2.05) is 0 Å². The molecule has 1 aromatic carbocycles. The van der Waals surface area contributed by atoms with Crippen molar-refractivity contribution in [1.29, 1.82) is 0 Å². The van der Waals surface area contributed by atoms with E-state index in [2.05, 4.69) is 67.8 Å². The summed E-state index contributed by atoms with van der Waals surface area (Å²) in [6.45, 7) is 4.20. The highest BCUT2D eigenvalue weighted by molar-refractivity contribution is 9.11. The molecule has 0 saturated carbocycles. The van der Waals surface area contributed by atoms with E-state index in [9.17, 15) is 0 Å². The van der Waals surface area contributed by atoms with Gasteiger partial charge >= 0.3 is 0 Å². The molecule has 0 radical (unpaired) electrons. The van der Waals surface area contributed by atoms with Gasteiger partial charge in [-0.2, -0.15) is 0 Å². The van der Waals surface area contributed by atoms with Gasteiger partial charge in [0.15, 0.2) is 0 Å². The lowest BCUT2D eigenvalue weighted by Crippen LogP contribution is -1.97. The molecule has 84 valence electrons. The van der Waals surface area contributed by atoms with E-state index >= 15 is 0 Å². The zero-order valence-corrected chi connectivity index (χ0v) is 12.4. The molecule has 0 amide bonds. The SMILES string of the molecule is CCCc1nc(Br)c2cc(C)cc(Br)c2n1. The van der Waals surface area contributed by atoms with Gasteiger partial charge in [0.2, 0.25) is 0 Å². The average Bonchev–Trinajstić information content (AvgIpc) is 2.20. The monoisotopic (exact) mass is 342 g/mol. The first kappa shape index (κ1) is 12.0. The number of fused-ring (bicyclic) bond motifs is 1. The zero-order valence-electron chi connectivity index (χ0n) is 9.22. The molecule has 1 aromatic heterocycles. The fourth-order valence-electron chi connectivity index (χ4n) is 1.67. The molecule has 4 heteroatoms. The summed E-state index contributed by atoms with van der Waals surface area (Å²) in [6, 6.07) is 4.18. The average molecular weight is 344 g/mol. The van der Waals surface area contributed by atoms with Crippen LogP contribution in [-0.2, 0) is 6.42 Å². The Morgan fingerprint density at radius 1 is 1.19 bits per heavy atom. The minimum atomic E-state index is 0.880. The Balaban J connectivity index is 2.71. The van der Waals surface area contributed by atoms with Gasteiger partial charge in [0.1, 0.15) is 10.4 Å².